The lowest BCUT2D eigenvalue weighted by molar-refractivity contribution is 0.213. The summed E-state index contributed by atoms with van der Waals surface area (Å²) in [7, 11) is -3.83. The molecular formula is C11H14FNO3S. The maximum absolute atomic E-state index is 13.5. The number of hydrogen-bond acceptors (Lipinski definition) is 3. The standard InChI is InChI=1S/C11H14FNO3S/c12-10-5-1-2-6-11(10)17(15,16)13-7-3-4-9(13)8-14/h1-2,5-6,9,14H,3-4,7-8H2/t9-/m0/s1. The van der Waals surface area contributed by atoms with Crippen molar-refractivity contribution in [3.05, 3.63) is 30.1 Å². The summed E-state index contributed by atoms with van der Waals surface area (Å²) in [5.74, 6) is -0.754. The summed E-state index contributed by atoms with van der Waals surface area (Å²) in [6.07, 6.45) is 1.31. The van der Waals surface area contributed by atoms with Gasteiger partial charge in [0.05, 0.1) is 6.61 Å². The molecule has 1 aliphatic rings. The third kappa shape index (κ3) is 2.20. The molecule has 0 amide bonds. The van der Waals surface area contributed by atoms with E-state index in [0.717, 1.165) is 6.07 Å². The second-order valence-electron chi connectivity index (χ2n) is 4.02. The molecule has 1 aromatic carbocycles. The fourth-order valence-electron chi connectivity index (χ4n) is 2.09. The van der Waals surface area contributed by atoms with Crippen molar-refractivity contribution >= 4 is 10.0 Å². The molecule has 94 valence electrons. The zero-order valence-corrected chi connectivity index (χ0v) is 10.0. The Morgan fingerprint density at radius 1 is 1.41 bits per heavy atom. The Morgan fingerprint density at radius 2 is 2.12 bits per heavy atom. The average molecular weight is 259 g/mol. The number of rotatable bonds is 3. The zero-order chi connectivity index (χ0) is 12.5. The summed E-state index contributed by atoms with van der Waals surface area (Å²) < 4.78 is 39.1. The summed E-state index contributed by atoms with van der Waals surface area (Å²) >= 11 is 0. The zero-order valence-electron chi connectivity index (χ0n) is 9.21. The molecule has 1 aromatic rings. The third-order valence-electron chi connectivity index (χ3n) is 2.96. The van der Waals surface area contributed by atoms with Crippen molar-refractivity contribution in [2.45, 2.75) is 23.8 Å². The van der Waals surface area contributed by atoms with Gasteiger partial charge in [0.15, 0.2) is 0 Å². The van der Waals surface area contributed by atoms with E-state index in [-0.39, 0.29) is 11.5 Å². The van der Waals surface area contributed by atoms with Crippen LogP contribution in [0.15, 0.2) is 29.2 Å². The molecule has 0 saturated carbocycles. The first-order valence-corrected chi connectivity index (χ1v) is 6.88. The van der Waals surface area contributed by atoms with Crippen LogP contribution in [0, 0.1) is 5.82 Å². The van der Waals surface area contributed by atoms with Gasteiger partial charge in [-0.15, -0.1) is 0 Å². The number of aliphatic hydroxyl groups is 1. The van der Waals surface area contributed by atoms with Crippen LogP contribution < -0.4 is 0 Å². The summed E-state index contributed by atoms with van der Waals surface area (Å²) in [4.78, 5) is -0.319. The van der Waals surface area contributed by atoms with Crippen molar-refractivity contribution < 1.29 is 17.9 Å². The summed E-state index contributed by atoms with van der Waals surface area (Å²) in [5.41, 5.74) is 0. The van der Waals surface area contributed by atoms with E-state index in [0.29, 0.717) is 19.4 Å². The molecule has 0 spiro atoms. The molecule has 17 heavy (non-hydrogen) atoms. The summed E-state index contributed by atoms with van der Waals surface area (Å²) in [6, 6.07) is 4.87. The van der Waals surface area contributed by atoms with Crippen LogP contribution in [0.1, 0.15) is 12.8 Å². The van der Waals surface area contributed by atoms with E-state index >= 15 is 0 Å². The van der Waals surface area contributed by atoms with E-state index in [9.17, 15) is 12.8 Å². The van der Waals surface area contributed by atoms with Gasteiger partial charge in [-0.05, 0) is 25.0 Å². The number of nitrogens with zero attached hydrogens (tertiary/aromatic N) is 1. The average Bonchev–Trinajstić information content (AvgIpc) is 2.78. The number of hydrogen-bond donors (Lipinski definition) is 1. The molecule has 1 aliphatic heterocycles. The van der Waals surface area contributed by atoms with Crippen molar-refractivity contribution in [3.63, 3.8) is 0 Å². The molecule has 1 saturated heterocycles. The van der Waals surface area contributed by atoms with Crippen LogP contribution in [0.2, 0.25) is 0 Å². The van der Waals surface area contributed by atoms with Gasteiger partial charge in [-0.3, -0.25) is 0 Å². The maximum Gasteiger partial charge on any atom is 0.246 e. The van der Waals surface area contributed by atoms with Crippen LogP contribution in [0.3, 0.4) is 0 Å². The minimum Gasteiger partial charge on any atom is -0.395 e. The first-order chi connectivity index (χ1) is 8.07. The Morgan fingerprint density at radius 3 is 2.76 bits per heavy atom. The molecule has 4 nitrogen and oxygen atoms in total. The van der Waals surface area contributed by atoms with Gasteiger partial charge in [0, 0.05) is 12.6 Å². The van der Waals surface area contributed by atoms with E-state index < -0.39 is 21.9 Å². The highest BCUT2D eigenvalue weighted by Crippen LogP contribution is 2.26. The van der Waals surface area contributed by atoms with Crippen LogP contribution in [0.5, 0.6) is 0 Å². The quantitative estimate of drug-likeness (QED) is 0.880. The maximum atomic E-state index is 13.5. The van der Waals surface area contributed by atoms with Gasteiger partial charge in [-0.25, -0.2) is 12.8 Å². The van der Waals surface area contributed by atoms with Gasteiger partial charge in [0.1, 0.15) is 10.7 Å². The molecule has 0 bridgehead atoms. The first kappa shape index (κ1) is 12.5. The minimum atomic E-state index is -3.83. The normalized spacial score (nSPS) is 21.9. The predicted octanol–water partition coefficient (Wildman–Crippen LogP) is 0.971. The highest BCUT2D eigenvalue weighted by molar-refractivity contribution is 7.89. The Bertz CT molecular complexity index is 503. The number of aliphatic hydroxyl groups excluding tert-OH is 1. The largest absolute Gasteiger partial charge is 0.395 e. The van der Waals surface area contributed by atoms with Gasteiger partial charge in [0.25, 0.3) is 0 Å². The smallest absolute Gasteiger partial charge is 0.246 e. The van der Waals surface area contributed by atoms with Gasteiger partial charge in [0.2, 0.25) is 10.0 Å². The van der Waals surface area contributed by atoms with Crippen LogP contribution in [-0.2, 0) is 10.0 Å². The van der Waals surface area contributed by atoms with Crippen LogP contribution >= 0.6 is 0 Å². The lowest BCUT2D eigenvalue weighted by atomic mass is 10.2. The molecule has 2 rings (SSSR count). The molecule has 0 unspecified atom stereocenters. The van der Waals surface area contributed by atoms with Gasteiger partial charge in [-0.1, -0.05) is 12.1 Å². The van der Waals surface area contributed by atoms with Crippen molar-refractivity contribution in [1.29, 1.82) is 0 Å². The fraction of sp³-hybridized carbons (Fsp3) is 0.455. The van der Waals surface area contributed by atoms with Gasteiger partial charge in [-0.2, -0.15) is 4.31 Å². The number of halogens is 1. The predicted molar refractivity (Wildman–Crippen MR) is 60.4 cm³/mol. The molecule has 6 heteroatoms. The molecule has 0 aromatic heterocycles. The van der Waals surface area contributed by atoms with Crippen molar-refractivity contribution in [2.24, 2.45) is 0 Å². The Balaban J connectivity index is 2.40. The molecular weight excluding hydrogens is 245 g/mol. The lowest BCUT2D eigenvalue weighted by Gasteiger charge is -2.22. The molecule has 0 radical (unpaired) electrons. The lowest BCUT2D eigenvalue weighted by Crippen LogP contribution is -2.37. The molecule has 1 N–H and O–H groups in total. The highest BCUT2D eigenvalue weighted by Gasteiger charge is 2.36. The number of benzene rings is 1. The molecule has 1 fully saturated rings. The van der Waals surface area contributed by atoms with E-state index in [1.807, 2.05) is 0 Å². The van der Waals surface area contributed by atoms with Crippen molar-refractivity contribution in [2.75, 3.05) is 13.2 Å². The van der Waals surface area contributed by atoms with E-state index in [1.165, 1.54) is 22.5 Å². The van der Waals surface area contributed by atoms with Gasteiger partial charge < -0.3 is 5.11 Å². The molecule has 1 heterocycles. The second kappa shape index (κ2) is 4.72. The van der Waals surface area contributed by atoms with E-state index in [1.54, 1.807) is 0 Å². The van der Waals surface area contributed by atoms with E-state index in [2.05, 4.69) is 0 Å². The van der Waals surface area contributed by atoms with Gasteiger partial charge >= 0.3 is 0 Å². The first-order valence-electron chi connectivity index (χ1n) is 5.44. The Kier molecular flexibility index (Phi) is 3.46. The minimum absolute atomic E-state index is 0.228. The number of sulfonamides is 1. The molecule has 1 atom stereocenters. The monoisotopic (exact) mass is 259 g/mol. The summed E-state index contributed by atoms with van der Waals surface area (Å²) in [5, 5.41) is 9.12. The Labute approximate surface area is 99.7 Å². The topological polar surface area (TPSA) is 57.6 Å². The van der Waals surface area contributed by atoms with Crippen molar-refractivity contribution in [3.8, 4) is 0 Å². The third-order valence-corrected chi connectivity index (χ3v) is 4.94. The van der Waals surface area contributed by atoms with E-state index in [4.69, 9.17) is 5.11 Å². The second-order valence-corrected chi connectivity index (χ2v) is 5.88. The van der Waals surface area contributed by atoms with Crippen LogP contribution in [-0.4, -0.2) is 37.0 Å². The summed E-state index contributed by atoms with van der Waals surface area (Å²) in [6.45, 7) is 0.107. The van der Waals surface area contributed by atoms with Crippen LogP contribution in [0.25, 0.3) is 0 Å². The highest BCUT2D eigenvalue weighted by atomic mass is 32.2. The molecule has 0 aliphatic carbocycles. The SMILES string of the molecule is O=S(=O)(c1ccccc1F)N1CCC[C@H]1CO. The van der Waals surface area contributed by atoms with Crippen LogP contribution in [0.4, 0.5) is 4.39 Å². The fourth-order valence-corrected chi connectivity index (χ4v) is 3.84. The van der Waals surface area contributed by atoms with Crippen molar-refractivity contribution in [1.82, 2.24) is 4.31 Å². The Hall–Kier alpha value is -0.980.